The number of amides is 2. The van der Waals surface area contributed by atoms with Gasteiger partial charge in [0.2, 0.25) is 0 Å². The third-order valence-electron chi connectivity index (χ3n) is 5.16. The van der Waals surface area contributed by atoms with Crippen LogP contribution in [0.4, 0.5) is 4.79 Å². The van der Waals surface area contributed by atoms with E-state index in [4.69, 9.17) is 4.74 Å². The van der Waals surface area contributed by atoms with Gasteiger partial charge in [0.05, 0.1) is 20.4 Å². The van der Waals surface area contributed by atoms with Gasteiger partial charge in [0, 0.05) is 0 Å². The largest absolute Gasteiger partial charge is 0.487 e. The van der Waals surface area contributed by atoms with Gasteiger partial charge in [-0.2, -0.15) is 0 Å². The highest BCUT2D eigenvalue weighted by Crippen LogP contribution is 2.38. The summed E-state index contributed by atoms with van der Waals surface area (Å²) in [6.45, 7) is 4.76. The fourth-order valence-electron chi connectivity index (χ4n) is 3.30. The highest BCUT2D eigenvalue weighted by molar-refractivity contribution is 9.11. The summed E-state index contributed by atoms with van der Waals surface area (Å²) in [5, 5.41) is -0.261. The summed E-state index contributed by atoms with van der Waals surface area (Å²) in [6.07, 6.45) is 1.74. The molecule has 1 aliphatic heterocycles. The fourth-order valence-corrected chi connectivity index (χ4v) is 5.59. The van der Waals surface area contributed by atoms with E-state index >= 15 is 0 Å². The molecule has 0 N–H and O–H groups in total. The number of rotatable bonds is 6. The molecule has 1 aliphatic rings. The van der Waals surface area contributed by atoms with Crippen molar-refractivity contribution in [2.45, 2.75) is 27.0 Å². The Morgan fingerprint density at radius 3 is 2.00 bits per heavy atom. The number of carbonyl (C=O) groups is 2. The SMILES string of the molecule is Cc1ccc(COc2c(Br)cc(/C=C3\SC(=O)N(Cc4ccc(C)cc4)C3=O)cc2Br)cc1. The van der Waals surface area contributed by atoms with Gasteiger partial charge in [0.25, 0.3) is 11.1 Å². The molecular formula is C26H21Br2NO3S. The van der Waals surface area contributed by atoms with E-state index in [1.807, 2.05) is 62.4 Å². The van der Waals surface area contributed by atoms with Crippen LogP contribution in [0, 0.1) is 13.8 Å². The van der Waals surface area contributed by atoms with Crippen LogP contribution < -0.4 is 4.74 Å². The maximum atomic E-state index is 12.9. The van der Waals surface area contributed by atoms with Gasteiger partial charge < -0.3 is 4.74 Å². The molecule has 0 atom stereocenters. The van der Waals surface area contributed by atoms with Crippen molar-refractivity contribution >= 4 is 60.8 Å². The molecule has 1 heterocycles. The molecule has 0 bridgehead atoms. The van der Waals surface area contributed by atoms with E-state index < -0.39 is 0 Å². The second kappa shape index (κ2) is 10.3. The molecule has 0 aromatic heterocycles. The minimum Gasteiger partial charge on any atom is -0.487 e. The summed E-state index contributed by atoms with van der Waals surface area (Å²) < 4.78 is 7.52. The molecule has 3 aromatic carbocycles. The van der Waals surface area contributed by atoms with Crippen molar-refractivity contribution in [3.8, 4) is 5.75 Å². The monoisotopic (exact) mass is 585 g/mol. The van der Waals surface area contributed by atoms with E-state index in [-0.39, 0.29) is 17.7 Å². The number of halogens is 2. The Bertz CT molecular complexity index is 1210. The molecule has 0 radical (unpaired) electrons. The number of benzene rings is 3. The van der Waals surface area contributed by atoms with Gasteiger partial charge in [-0.15, -0.1) is 0 Å². The van der Waals surface area contributed by atoms with Gasteiger partial charge in [-0.1, -0.05) is 59.7 Å². The molecule has 3 aromatic rings. The summed E-state index contributed by atoms with van der Waals surface area (Å²) in [6, 6.07) is 19.8. The summed E-state index contributed by atoms with van der Waals surface area (Å²) in [5.41, 5.74) is 5.12. The van der Waals surface area contributed by atoms with Gasteiger partial charge in [-0.25, -0.2) is 0 Å². The number of imide groups is 1. The summed E-state index contributed by atoms with van der Waals surface area (Å²) in [7, 11) is 0. The van der Waals surface area contributed by atoms with Crippen LogP contribution >= 0.6 is 43.6 Å². The fraction of sp³-hybridized carbons (Fsp3) is 0.154. The predicted molar refractivity (Wildman–Crippen MR) is 140 cm³/mol. The van der Waals surface area contributed by atoms with Crippen LogP contribution in [0.3, 0.4) is 0 Å². The molecule has 0 unspecified atom stereocenters. The molecule has 33 heavy (non-hydrogen) atoms. The highest BCUT2D eigenvalue weighted by Gasteiger charge is 2.35. The highest BCUT2D eigenvalue weighted by atomic mass is 79.9. The molecule has 1 fully saturated rings. The summed E-state index contributed by atoms with van der Waals surface area (Å²) in [5.74, 6) is 0.401. The molecular weight excluding hydrogens is 566 g/mol. The van der Waals surface area contributed by atoms with Gasteiger partial charge in [0.15, 0.2) is 0 Å². The van der Waals surface area contributed by atoms with Crippen LogP contribution in [0.25, 0.3) is 6.08 Å². The predicted octanol–water partition coefficient (Wildman–Crippen LogP) is 7.64. The van der Waals surface area contributed by atoms with Crippen molar-refractivity contribution in [3.63, 3.8) is 0 Å². The number of hydrogen-bond donors (Lipinski definition) is 0. The first-order valence-electron chi connectivity index (χ1n) is 10.3. The minimum atomic E-state index is -0.280. The zero-order valence-electron chi connectivity index (χ0n) is 18.1. The number of nitrogens with zero attached hydrogens (tertiary/aromatic N) is 1. The van der Waals surface area contributed by atoms with E-state index in [2.05, 4.69) is 44.0 Å². The van der Waals surface area contributed by atoms with Gasteiger partial charge >= 0.3 is 0 Å². The summed E-state index contributed by atoms with van der Waals surface area (Å²) in [4.78, 5) is 27.0. The topological polar surface area (TPSA) is 46.6 Å². The first-order valence-corrected chi connectivity index (χ1v) is 12.7. The lowest BCUT2D eigenvalue weighted by Crippen LogP contribution is -2.27. The standard InChI is InChI=1S/C26H21Br2NO3S/c1-16-3-7-18(8-4-16)14-29-25(30)23(33-26(29)31)13-20-11-21(27)24(22(28)12-20)32-15-19-9-5-17(2)6-10-19/h3-13H,14-15H2,1-2H3/b23-13-. The average Bonchev–Trinajstić information content (AvgIpc) is 3.03. The molecule has 168 valence electrons. The van der Waals surface area contributed by atoms with Gasteiger partial charge in [-0.05, 0) is 92.4 Å². The maximum absolute atomic E-state index is 12.9. The van der Waals surface area contributed by atoms with E-state index in [9.17, 15) is 9.59 Å². The lowest BCUT2D eigenvalue weighted by atomic mass is 10.1. The number of aryl methyl sites for hydroxylation is 2. The Kier molecular flexibility index (Phi) is 7.41. The molecule has 7 heteroatoms. The molecule has 0 aliphatic carbocycles. The Balaban J connectivity index is 1.49. The molecule has 0 spiro atoms. The number of carbonyl (C=O) groups excluding carboxylic acids is 2. The molecule has 0 saturated carbocycles. The van der Waals surface area contributed by atoms with Crippen LogP contribution in [-0.2, 0) is 17.9 Å². The molecule has 4 rings (SSSR count). The second-order valence-electron chi connectivity index (χ2n) is 7.84. The molecule has 1 saturated heterocycles. The maximum Gasteiger partial charge on any atom is 0.293 e. The van der Waals surface area contributed by atoms with Crippen molar-refractivity contribution in [1.82, 2.24) is 4.90 Å². The summed E-state index contributed by atoms with van der Waals surface area (Å²) >= 11 is 8.10. The van der Waals surface area contributed by atoms with E-state index in [0.717, 1.165) is 43.0 Å². The normalized spacial score (nSPS) is 14.9. The smallest absolute Gasteiger partial charge is 0.293 e. The van der Waals surface area contributed by atoms with Crippen LogP contribution in [-0.4, -0.2) is 16.0 Å². The lowest BCUT2D eigenvalue weighted by molar-refractivity contribution is -0.123. The Morgan fingerprint density at radius 1 is 0.879 bits per heavy atom. The van der Waals surface area contributed by atoms with Crippen molar-refractivity contribution in [2.24, 2.45) is 0 Å². The van der Waals surface area contributed by atoms with Crippen LogP contribution in [0.2, 0.25) is 0 Å². The van der Waals surface area contributed by atoms with Crippen molar-refractivity contribution in [1.29, 1.82) is 0 Å². The van der Waals surface area contributed by atoms with E-state index in [0.29, 0.717) is 17.3 Å². The lowest BCUT2D eigenvalue weighted by Gasteiger charge is -2.13. The van der Waals surface area contributed by atoms with Crippen LogP contribution in [0.15, 0.2) is 74.5 Å². The number of thioether (sulfide) groups is 1. The first-order chi connectivity index (χ1) is 15.8. The molecule has 4 nitrogen and oxygen atoms in total. The zero-order valence-corrected chi connectivity index (χ0v) is 22.1. The second-order valence-corrected chi connectivity index (χ2v) is 10.5. The third-order valence-corrected chi connectivity index (χ3v) is 7.24. The number of hydrogen-bond acceptors (Lipinski definition) is 4. The Hall–Kier alpha value is -2.35. The third kappa shape index (κ3) is 5.78. The van der Waals surface area contributed by atoms with Gasteiger partial charge in [0.1, 0.15) is 12.4 Å². The van der Waals surface area contributed by atoms with Crippen molar-refractivity contribution in [2.75, 3.05) is 0 Å². The van der Waals surface area contributed by atoms with E-state index in [1.54, 1.807) is 6.08 Å². The van der Waals surface area contributed by atoms with Gasteiger partial charge in [-0.3, -0.25) is 14.5 Å². The van der Waals surface area contributed by atoms with E-state index in [1.165, 1.54) is 10.5 Å². The zero-order chi connectivity index (χ0) is 23.5. The van der Waals surface area contributed by atoms with Crippen LogP contribution in [0.5, 0.6) is 5.75 Å². The van der Waals surface area contributed by atoms with Crippen LogP contribution in [0.1, 0.15) is 27.8 Å². The average molecular weight is 587 g/mol. The Labute approximate surface area is 214 Å². The van der Waals surface area contributed by atoms with Crippen molar-refractivity contribution in [3.05, 3.63) is 102 Å². The Morgan fingerprint density at radius 2 is 1.42 bits per heavy atom. The number of ether oxygens (including phenoxy) is 1. The van der Waals surface area contributed by atoms with Crippen molar-refractivity contribution < 1.29 is 14.3 Å². The quantitative estimate of drug-likeness (QED) is 0.278. The minimum absolute atomic E-state index is 0.261. The first kappa shape index (κ1) is 23.8. The molecule has 2 amide bonds.